The maximum atomic E-state index is 3.67. The van der Waals surface area contributed by atoms with E-state index >= 15 is 0 Å². The molecule has 0 radical (unpaired) electrons. The Morgan fingerprint density at radius 3 is 1.70 bits per heavy atom. The van der Waals surface area contributed by atoms with E-state index in [0.29, 0.717) is 0 Å². The minimum Gasteiger partial charge on any atom is -0.339 e. The molecular formula is C10H18. The number of hydrogen-bond donors (Lipinski definition) is 0. The quantitative estimate of drug-likeness (QED) is 0.414. The standard InChI is InChI=1S/C6H10.C4H8/c1-4-6(3)5-2;1-3-4-2/h1-5H2;1-4H2. The van der Waals surface area contributed by atoms with Crippen LogP contribution < -0.4 is 0 Å². The number of hydrogen-bond acceptors (Lipinski definition) is 0. The van der Waals surface area contributed by atoms with E-state index in [9.17, 15) is 0 Å². The Kier molecular flexibility index (Phi) is 13.8. The van der Waals surface area contributed by atoms with E-state index in [4.69, 9.17) is 0 Å². The van der Waals surface area contributed by atoms with Gasteiger partial charge in [-0.25, -0.2) is 0 Å². The summed E-state index contributed by atoms with van der Waals surface area (Å²) >= 11 is 0. The number of rotatable bonds is 3. The lowest BCUT2D eigenvalue weighted by molar-refractivity contribution is 1.05. The van der Waals surface area contributed by atoms with E-state index < -0.39 is 0 Å². The lowest BCUT2D eigenvalue weighted by Gasteiger charge is -1.90. The molecule has 0 rings (SSSR count). The van der Waals surface area contributed by atoms with Gasteiger partial charge in [-0.2, -0.15) is 6.42 Å². The molecule has 0 spiro atoms. The van der Waals surface area contributed by atoms with Crippen molar-refractivity contribution in [2.24, 2.45) is 0 Å². The van der Waals surface area contributed by atoms with Crippen LogP contribution in [0.15, 0.2) is 12.2 Å². The van der Waals surface area contributed by atoms with Gasteiger partial charge < -0.3 is 13.8 Å². The molecule has 0 bridgehead atoms. The van der Waals surface area contributed by atoms with Crippen molar-refractivity contribution in [2.75, 3.05) is 0 Å². The fraction of sp³-hybridized carbons (Fsp3) is 0.400. The molecule has 58 valence electrons. The summed E-state index contributed by atoms with van der Waals surface area (Å²) in [6.45, 7) is 18.0. The summed E-state index contributed by atoms with van der Waals surface area (Å²) in [6.07, 6.45) is 3.56. The van der Waals surface area contributed by atoms with E-state index in [1.165, 1.54) is 0 Å². The highest BCUT2D eigenvalue weighted by Gasteiger charge is 1.79. The Morgan fingerprint density at radius 2 is 1.70 bits per heavy atom. The van der Waals surface area contributed by atoms with Crippen molar-refractivity contribution in [1.82, 2.24) is 0 Å². The second-order valence-electron chi connectivity index (χ2n) is 1.96. The Hall–Kier alpha value is -0.520. The van der Waals surface area contributed by atoms with Crippen molar-refractivity contribution in [3.05, 3.63) is 39.8 Å². The molecular weight excluding hydrogens is 120 g/mol. The third-order valence-corrected chi connectivity index (χ3v) is 0.957. The molecule has 0 N–H and O–H groups in total. The van der Waals surface area contributed by atoms with E-state index in [0.717, 1.165) is 31.3 Å². The predicted octanol–water partition coefficient (Wildman–Crippen LogP) is 3.43. The Bertz CT molecular complexity index is 54.4. The van der Waals surface area contributed by atoms with Crippen LogP contribution in [-0.4, -0.2) is 0 Å². The second-order valence-corrected chi connectivity index (χ2v) is 1.96. The molecule has 0 amide bonds. The Labute approximate surface area is 66.3 Å². The fourth-order valence-electron chi connectivity index (χ4n) is 0.125. The molecule has 0 heterocycles. The molecule has 0 nitrogen and oxygen atoms in total. The van der Waals surface area contributed by atoms with Crippen LogP contribution in [-0.2, 0) is 0 Å². The molecule has 0 aromatic rings. The zero-order valence-corrected chi connectivity index (χ0v) is 6.86. The van der Waals surface area contributed by atoms with Crippen LogP contribution >= 0.6 is 0 Å². The molecule has 0 unspecified atom stereocenters. The molecule has 0 heteroatoms. The van der Waals surface area contributed by atoms with Crippen LogP contribution in [0.1, 0.15) is 25.7 Å². The molecule has 0 saturated heterocycles. The van der Waals surface area contributed by atoms with Crippen LogP contribution in [0.4, 0.5) is 0 Å². The van der Waals surface area contributed by atoms with Gasteiger partial charge in [0.25, 0.3) is 0 Å². The molecule has 0 aliphatic carbocycles. The van der Waals surface area contributed by atoms with Crippen molar-refractivity contribution in [1.29, 1.82) is 0 Å². The van der Waals surface area contributed by atoms with Crippen LogP contribution in [0.3, 0.4) is 0 Å². The van der Waals surface area contributed by atoms with Gasteiger partial charge in [-0.15, -0.1) is 6.42 Å². The summed E-state index contributed by atoms with van der Waals surface area (Å²) < 4.78 is 0. The van der Waals surface area contributed by atoms with Gasteiger partial charge in [-0.3, -0.25) is 0 Å². The van der Waals surface area contributed by atoms with Crippen molar-refractivity contribution in [2.45, 2.75) is 25.7 Å². The summed E-state index contributed by atoms with van der Waals surface area (Å²) in [5.41, 5.74) is 1.12. The van der Waals surface area contributed by atoms with Gasteiger partial charge >= 0.3 is 0 Å². The molecule has 0 aliphatic rings. The largest absolute Gasteiger partial charge is 0.339 e. The van der Waals surface area contributed by atoms with Gasteiger partial charge in [0.05, 0.1) is 20.3 Å². The topological polar surface area (TPSA) is 0 Å². The third kappa shape index (κ3) is 15.6. The van der Waals surface area contributed by atoms with Crippen LogP contribution in [0.25, 0.3) is 0 Å². The average Bonchev–Trinajstić information content (AvgIpc) is 2.03. The maximum absolute atomic E-state index is 3.67. The molecule has 0 saturated carbocycles. The molecule has 0 aliphatic heterocycles. The number of allylic oxidation sites excluding steroid dienone is 1. The van der Waals surface area contributed by atoms with Gasteiger partial charge in [0.1, 0.15) is 6.42 Å². The van der Waals surface area contributed by atoms with Gasteiger partial charge in [0, 0.05) is 0 Å². The summed E-state index contributed by atoms with van der Waals surface area (Å²) in [7, 11) is 0. The second kappa shape index (κ2) is 11.3. The minimum atomic E-state index is 0.823. The zero-order valence-electron chi connectivity index (χ0n) is 6.86. The SMILES string of the molecule is C=C(C[CH2+])C[CH2-].[CH2+]CC[CH2-]. The minimum absolute atomic E-state index is 0.823. The summed E-state index contributed by atoms with van der Waals surface area (Å²) in [4.78, 5) is 0. The van der Waals surface area contributed by atoms with E-state index in [2.05, 4.69) is 34.3 Å². The monoisotopic (exact) mass is 138 g/mol. The van der Waals surface area contributed by atoms with E-state index in [1.807, 2.05) is 0 Å². The first-order valence-corrected chi connectivity index (χ1v) is 3.56. The normalized spacial score (nSPS) is 7.80. The smallest absolute Gasteiger partial charge is 0.103 e. The first-order valence-electron chi connectivity index (χ1n) is 3.56. The maximum Gasteiger partial charge on any atom is 0.103 e. The zero-order chi connectivity index (χ0) is 8.41. The lowest BCUT2D eigenvalue weighted by atomic mass is 10.2. The van der Waals surface area contributed by atoms with Gasteiger partial charge in [-0.1, -0.05) is 12.2 Å². The van der Waals surface area contributed by atoms with Gasteiger partial charge in [0.15, 0.2) is 0 Å². The Balaban J connectivity index is 0. The fourth-order valence-corrected chi connectivity index (χ4v) is 0.125. The van der Waals surface area contributed by atoms with E-state index in [1.54, 1.807) is 0 Å². The van der Waals surface area contributed by atoms with Gasteiger partial charge in [-0.05, 0) is 0 Å². The highest BCUT2D eigenvalue weighted by Crippen LogP contribution is 1.97. The number of unbranched alkanes of at least 4 members (excludes halogenated alkanes) is 1. The van der Waals surface area contributed by atoms with Crippen LogP contribution in [0, 0.1) is 27.7 Å². The predicted molar refractivity (Wildman–Crippen MR) is 49.0 cm³/mol. The molecule has 0 atom stereocenters. The molecule has 0 fully saturated rings. The van der Waals surface area contributed by atoms with Crippen molar-refractivity contribution in [3.63, 3.8) is 0 Å². The van der Waals surface area contributed by atoms with Crippen molar-refractivity contribution >= 4 is 0 Å². The summed E-state index contributed by atoms with van der Waals surface area (Å²) in [6, 6.07) is 0. The van der Waals surface area contributed by atoms with Crippen molar-refractivity contribution < 1.29 is 0 Å². The van der Waals surface area contributed by atoms with Gasteiger partial charge in [0.2, 0.25) is 0 Å². The summed E-state index contributed by atoms with van der Waals surface area (Å²) in [5.74, 6) is 0. The van der Waals surface area contributed by atoms with E-state index in [-0.39, 0.29) is 0 Å². The Morgan fingerprint density at radius 1 is 1.30 bits per heavy atom. The summed E-state index contributed by atoms with van der Waals surface area (Å²) in [5, 5.41) is 0. The third-order valence-electron chi connectivity index (χ3n) is 0.957. The lowest BCUT2D eigenvalue weighted by Crippen LogP contribution is -1.69. The first kappa shape index (κ1) is 12.2. The van der Waals surface area contributed by atoms with Crippen LogP contribution in [0.5, 0.6) is 0 Å². The van der Waals surface area contributed by atoms with Crippen LogP contribution in [0.2, 0.25) is 0 Å². The molecule has 10 heavy (non-hydrogen) atoms. The molecule has 0 aromatic heterocycles. The highest BCUT2D eigenvalue weighted by molar-refractivity contribution is 4.95. The van der Waals surface area contributed by atoms with Crippen molar-refractivity contribution in [3.8, 4) is 0 Å². The highest BCUT2D eigenvalue weighted by atomic mass is 13.8. The first-order chi connectivity index (χ1) is 4.72. The average molecular weight is 138 g/mol. The molecule has 0 aromatic carbocycles.